The van der Waals surface area contributed by atoms with Crippen LogP contribution in [0.15, 0.2) is 24.3 Å². The fourth-order valence-corrected chi connectivity index (χ4v) is 2.60. The first-order chi connectivity index (χ1) is 8.58. The van der Waals surface area contributed by atoms with Crippen molar-refractivity contribution in [1.82, 2.24) is 4.90 Å². The van der Waals surface area contributed by atoms with Gasteiger partial charge in [0.15, 0.2) is 0 Å². The number of amides is 1. The number of likely N-dealkylation sites (tertiary alicyclic amines) is 1. The highest BCUT2D eigenvalue weighted by molar-refractivity contribution is 5.94. The molecule has 0 spiro atoms. The van der Waals surface area contributed by atoms with Crippen LogP contribution in [0.3, 0.4) is 0 Å². The molecule has 1 aliphatic heterocycles. The van der Waals surface area contributed by atoms with Gasteiger partial charge in [0.2, 0.25) is 0 Å². The molecule has 0 saturated carbocycles. The van der Waals surface area contributed by atoms with Crippen LogP contribution in [0, 0.1) is 6.92 Å². The molecule has 3 heteroatoms. The molecule has 1 aliphatic rings. The van der Waals surface area contributed by atoms with Crippen molar-refractivity contribution in [2.45, 2.75) is 45.3 Å². The van der Waals surface area contributed by atoms with E-state index in [-0.39, 0.29) is 18.1 Å². The van der Waals surface area contributed by atoms with Gasteiger partial charge in [0, 0.05) is 18.2 Å². The van der Waals surface area contributed by atoms with Gasteiger partial charge in [-0.25, -0.2) is 0 Å². The van der Waals surface area contributed by atoms with E-state index in [1.807, 2.05) is 36.1 Å². The molecule has 98 valence electrons. The Hall–Kier alpha value is -1.35. The summed E-state index contributed by atoms with van der Waals surface area (Å²) in [7, 11) is 0. The number of benzene rings is 1. The van der Waals surface area contributed by atoms with Crippen LogP contribution in [-0.2, 0) is 0 Å². The molecular formula is C15H21NO2. The normalized spacial score (nSPS) is 21.1. The molecule has 2 atom stereocenters. The van der Waals surface area contributed by atoms with Crippen molar-refractivity contribution in [3.05, 3.63) is 35.4 Å². The van der Waals surface area contributed by atoms with E-state index in [0.717, 1.165) is 30.5 Å². The molecule has 0 aromatic heterocycles. The number of carbonyl (C=O) groups excluding carboxylic acids is 1. The zero-order chi connectivity index (χ0) is 13.1. The molecule has 18 heavy (non-hydrogen) atoms. The van der Waals surface area contributed by atoms with Gasteiger partial charge in [-0.05, 0) is 45.2 Å². The summed E-state index contributed by atoms with van der Waals surface area (Å²) in [6, 6.07) is 7.89. The number of carbonyl (C=O) groups is 1. The van der Waals surface area contributed by atoms with E-state index in [0.29, 0.717) is 6.42 Å². The molecule has 0 bridgehead atoms. The fourth-order valence-electron chi connectivity index (χ4n) is 2.60. The van der Waals surface area contributed by atoms with Crippen LogP contribution in [0.4, 0.5) is 0 Å². The van der Waals surface area contributed by atoms with E-state index in [1.54, 1.807) is 6.92 Å². The topological polar surface area (TPSA) is 40.5 Å². The summed E-state index contributed by atoms with van der Waals surface area (Å²) in [5.74, 6) is 0.0955. The summed E-state index contributed by atoms with van der Waals surface area (Å²) in [6.07, 6.45) is 2.37. The molecule has 1 saturated heterocycles. The summed E-state index contributed by atoms with van der Waals surface area (Å²) in [5, 5.41) is 9.48. The highest BCUT2D eigenvalue weighted by Crippen LogP contribution is 2.23. The Morgan fingerprint density at radius 2 is 2.11 bits per heavy atom. The Bertz CT molecular complexity index is 411. The van der Waals surface area contributed by atoms with Crippen molar-refractivity contribution in [3.8, 4) is 0 Å². The lowest BCUT2D eigenvalue weighted by Crippen LogP contribution is -2.37. The third kappa shape index (κ3) is 2.91. The zero-order valence-corrected chi connectivity index (χ0v) is 11.1. The van der Waals surface area contributed by atoms with Crippen LogP contribution in [0.2, 0.25) is 0 Å². The van der Waals surface area contributed by atoms with Crippen molar-refractivity contribution in [2.24, 2.45) is 0 Å². The SMILES string of the molecule is Cc1ccc(C(=O)N2CCCC2CC(C)O)cc1. The highest BCUT2D eigenvalue weighted by atomic mass is 16.3. The van der Waals surface area contributed by atoms with Gasteiger partial charge in [-0.3, -0.25) is 4.79 Å². The monoisotopic (exact) mass is 247 g/mol. The summed E-state index contributed by atoms with van der Waals surface area (Å²) in [6.45, 7) is 4.61. The Labute approximate surface area is 108 Å². The average Bonchev–Trinajstić information content (AvgIpc) is 2.76. The number of hydrogen-bond acceptors (Lipinski definition) is 2. The van der Waals surface area contributed by atoms with E-state index in [2.05, 4.69) is 0 Å². The number of aryl methyl sites for hydroxylation is 1. The van der Waals surface area contributed by atoms with Gasteiger partial charge in [0.1, 0.15) is 0 Å². The summed E-state index contributed by atoms with van der Waals surface area (Å²) in [5.41, 5.74) is 1.91. The molecule has 0 aliphatic carbocycles. The molecule has 1 heterocycles. The van der Waals surface area contributed by atoms with E-state index in [9.17, 15) is 9.90 Å². The standard InChI is InChI=1S/C15H21NO2/c1-11-5-7-13(8-6-11)15(18)16-9-3-4-14(16)10-12(2)17/h5-8,12,14,17H,3-4,9-10H2,1-2H3. The van der Waals surface area contributed by atoms with Crippen LogP contribution in [0.1, 0.15) is 42.1 Å². The van der Waals surface area contributed by atoms with Crippen LogP contribution in [-0.4, -0.2) is 34.6 Å². The molecular weight excluding hydrogens is 226 g/mol. The van der Waals surface area contributed by atoms with Crippen molar-refractivity contribution in [2.75, 3.05) is 6.54 Å². The maximum absolute atomic E-state index is 12.4. The predicted octanol–water partition coefficient (Wildman–Crippen LogP) is 2.37. The van der Waals surface area contributed by atoms with Crippen molar-refractivity contribution in [3.63, 3.8) is 0 Å². The second-order valence-electron chi connectivity index (χ2n) is 5.25. The second kappa shape index (κ2) is 5.53. The van der Waals surface area contributed by atoms with Crippen LogP contribution in [0.5, 0.6) is 0 Å². The van der Waals surface area contributed by atoms with Gasteiger partial charge in [0.05, 0.1) is 6.10 Å². The van der Waals surface area contributed by atoms with Gasteiger partial charge < -0.3 is 10.0 Å². The largest absolute Gasteiger partial charge is 0.393 e. The third-order valence-corrected chi connectivity index (χ3v) is 3.55. The first kappa shape index (κ1) is 13.1. The summed E-state index contributed by atoms with van der Waals surface area (Å²) in [4.78, 5) is 14.3. The Morgan fingerprint density at radius 3 is 2.72 bits per heavy atom. The minimum atomic E-state index is -0.346. The van der Waals surface area contributed by atoms with E-state index >= 15 is 0 Å². The van der Waals surface area contributed by atoms with Crippen molar-refractivity contribution >= 4 is 5.91 Å². The van der Waals surface area contributed by atoms with Gasteiger partial charge in [-0.15, -0.1) is 0 Å². The average molecular weight is 247 g/mol. The molecule has 1 aromatic rings. The minimum absolute atomic E-state index is 0.0955. The summed E-state index contributed by atoms with van der Waals surface area (Å²) < 4.78 is 0. The minimum Gasteiger partial charge on any atom is -0.393 e. The van der Waals surface area contributed by atoms with Gasteiger partial charge in [0.25, 0.3) is 5.91 Å². The first-order valence-electron chi connectivity index (χ1n) is 6.63. The summed E-state index contributed by atoms with van der Waals surface area (Å²) >= 11 is 0. The molecule has 3 nitrogen and oxygen atoms in total. The zero-order valence-electron chi connectivity index (χ0n) is 11.1. The maximum Gasteiger partial charge on any atom is 0.254 e. The second-order valence-corrected chi connectivity index (χ2v) is 5.25. The third-order valence-electron chi connectivity index (χ3n) is 3.55. The smallest absolute Gasteiger partial charge is 0.254 e. The number of aliphatic hydroxyl groups is 1. The van der Waals surface area contributed by atoms with Crippen molar-refractivity contribution in [1.29, 1.82) is 0 Å². The molecule has 2 unspecified atom stereocenters. The highest BCUT2D eigenvalue weighted by Gasteiger charge is 2.29. The lowest BCUT2D eigenvalue weighted by atomic mass is 10.1. The number of aliphatic hydroxyl groups excluding tert-OH is 1. The molecule has 1 N–H and O–H groups in total. The Balaban J connectivity index is 2.10. The van der Waals surface area contributed by atoms with E-state index in [4.69, 9.17) is 0 Å². The first-order valence-corrected chi connectivity index (χ1v) is 6.63. The maximum atomic E-state index is 12.4. The van der Waals surface area contributed by atoms with Gasteiger partial charge >= 0.3 is 0 Å². The van der Waals surface area contributed by atoms with Crippen LogP contribution >= 0.6 is 0 Å². The molecule has 1 aromatic carbocycles. The lowest BCUT2D eigenvalue weighted by molar-refractivity contribution is 0.0682. The molecule has 1 fully saturated rings. The molecule has 1 amide bonds. The van der Waals surface area contributed by atoms with Gasteiger partial charge in [-0.2, -0.15) is 0 Å². The molecule has 2 rings (SSSR count). The van der Waals surface area contributed by atoms with Crippen LogP contribution in [0.25, 0.3) is 0 Å². The van der Waals surface area contributed by atoms with Crippen LogP contribution < -0.4 is 0 Å². The number of nitrogens with zero attached hydrogens (tertiary/aromatic N) is 1. The number of hydrogen-bond donors (Lipinski definition) is 1. The van der Waals surface area contributed by atoms with Crippen molar-refractivity contribution < 1.29 is 9.90 Å². The Kier molecular flexibility index (Phi) is 4.02. The molecule has 0 radical (unpaired) electrons. The fraction of sp³-hybridized carbons (Fsp3) is 0.533. The quantitative estimate of drug-likeness (QED) is 0.890. The number of rotatable bonds is 3. The van der Waals surface area contributed by atoms with E-state index < -0.39 is 0 Å². The van der Waals surface area contributed by atoms with Gasteiger partial charge in [-0.1, -0.05) is 17.7 Å². The van der Waals surface area contributed by atoms with E-state index in [1.165, 1.54) is 0 Å². The predicted molar refractivity (Wildman–Crippen MR) is 71.5 cm³/mol. The lowest BCUT2D eigenvalue weighted by Gasteiger charge is -2.25. The Morgan fingerprint density at radius 1 is 1.44 bits per heavy atom.